The van der Waals surface area contributed by atoms with Gasteiger partial charge < -0.3 is 5.11 Å². The summed E-state index contributed by atoms with van der Waals surface area (Å²) in [5, 5.41) is 8.59. The second-order valence-electron chi connectivity index (χ2n) is 2.36. The predicted octanol–water partition coefficient (Wildman–Crippen LogP) is -0.108. The normalized spacial score (nSPS) is 19.5. The Hall–Kier alpha value is -1.78. The number of dihydropyridines is 1. The van der Waals surface area contributed by atoms with Crippen molar-refractivity contribution in [1.29, 1.82) is 0 Å². The van der Waals surface area contributed by atoms with Crippen molar-refractivity contribution in [3.8, 4) is 0 Å². The van der Waals surface area contributed by atoms with Crippen molar-refractivity contribution in [3.05, 3.63) is 11.8 Å². The first-order valence-electron chi connectivity index (χ1n) is 3.36. The summed E-state index contributed by atoms with van der Waals surface area (Å²) >= 11 is 0. The number of carboxylic acids is 1. The third kappa shape index (κ3) is 0.952. The lowest BCUT2D eigenvalue weighted by atomic mass is 10.2. The molecule has 0 radical (unpaired) electrons. The summed E-state index contributed by atoms with van der Waals surface area (Å²) in [6.07, 6.45) is 2.83. The number of rotatable bonds is 1. The highest BCUT2D eigenvalue weighted by atomic mass is 16.4. The first kappa shape index (κ1) is 6.90. The third-order valence-electron chi connectivity index (χ3n) is 1.60. The molecule has 0 aromatic rings. The Morgan fingerprint density at radius 1 is 1.58 bits per heavy atom. The van der Waals surface area contributed by atoms with Gasteiger partial charge in [-0.3, -0.25) is 4.99 Å². The summed E-state index contributed by atoms with van der Waals surface area (Å²) in [6.45, 7) is 0.313. The molecule has 0 atom stereocenters. The third-order valence-corrected chi connectivity index (χ3v) is 1.60. The van der Waals surface area contributed by atoms with E-state index in [2.05, 4.69) is 15.0 Å². The summed E-state index contributed by atoms with van der Waals surface area (Å²) in [6, 6.07) is 0. The van der Waals surface area contributed by atoms with Crippen LogP contribution in [0.1, 0.15) is 0 Å². The van der Waals surface area contributed by atoms with Crippen LogP contribution in [0, 0.1) is 0 Å². The average Bonchev–Trinajstić information content (AvgIpc) is 2.49. The lowest BCUT2D eigenvalue weighted by molar-refractivity contribution is -0.129. The van der Waals surface area contributed by atoms with Crippen molar-refractivity contribution in [1.82, 2.24) is 0 Å². The average molecular weight is 163 g/mol. The molecule has 0 aliphatic carbocycles. The highest BCUT2D eigenvalue weighted by molar-refractivity contribution is 6.42. The van der Waals surface area contributed by atoms with Gasteiger partial charge >= 0.3 is 5.97 Å². The van der Waals surface area contributed by atoms with Crippen LogP contribution in [0.5, 0.6) is 0 Å². The highest BCUT2D eigenvalue weighted by Crippen LogP contribution is 2.11. The Morgan fingerprint density at radius 3 is 3.17 bits per heavy atom. The minimum atomic E-state index is -1.02. The van der Waals surface area contributed by atoms with E-state index in [1.54, 1.807) is 0 Å². The zero-order valence-corrected chi connectivity index (χ0v) is 6.06. The van der Waals surface area contributed by atoms with E-state index in [1.165, 1.54) is 12.4 Å². The lowest BCUT2D eigenvalue weighted by Gasteiger charge is -2.04. The number of aliphatic carboxylic acids is 1. The molecule has 0 fully saturated rings. The molecule has 1 N–H and O–H groups in total. The van der Waals surface area contributed by atoms with Crippen LogP contribution in [0.2, 0.25) is 0 Å². The van der Waals surface area contributed by atoms with Gasteiger partial charge in [0.15, 0.2) is 0 Å². The van der Waals surface area contributed by atoms with E-state index in [-0.39, 0.29) is 5.71 Å². The first-order valence-corrected chi connectivity index (χ1v) is 3.36. The van der Waals surface area contributed by atoms with Crippen LogP contribution in [0.4, 0.5) is 0 Å². The summed E-state index contributed by atoms with van der Waals surface area (Å²) in [7, 11) is 0. The number of carbonyl (C=O) groups is 1. The Morgan fingerprint density at radius 2 is 2.42 bits per heavy atom. The van der Waals surface area contributed by atoms with Gasteiger partial charge in [-0.25, -0.2) is 14.8 Å². The van der Waals surface area contributed by atoms with Gasteiger partial charge in [0, 0.05) is 0 Å². The number of carboxylic acid groups (broad SMARTS) is 1. The highest BCUT2D eigenvalue weighted by Gasteiger charge is 2.18. The zero-order chi connectivity index (χ0) is 8.55. The van der Waals surface area contributed by atoms with E-state index >= 15 is 0 Å². The Labute approximate surface area is 67.9 Å². The minimum Gasteiger partial charge on any atom is -0.477 e. The second kappa shape index (κ2) is 2.37. The van der Waals surface area contributed by atoms with Crippen molar-refractivity contribution >= 4 is 23.7 Å². The molecule has 0 saturated heterocycles. The zero-order valence-electron chi connectivity index (χ0n) is 6.06. The van der Waals surface area contributed by atoms with Crippen molar-refractivity contribution in [2.24, 2.45) is 15.0 Å². The van der Waals surface area contributed by atoms with Crippen LogP contribution >= 0.6 is 0 Å². The van der Waals surface area contributed by atoms with Crippen LogP contribution in [-0.4, -0.2) is 35.4 Å². The van der Waals surface area contributed by atoms with E-state index in [1.807, 2.05) is 0 Å². The maximum Gasteiger partial charge on any atom is 0.354 e. The van der Waals surface area contributed by atoms with Gasteiger partial charge in [-0.2, -0.15) is 0 Å². The van der Waals surface area contributed by atoms with Crippen LogP contribution in [-0.2, 0) is 4.79 Å². The van der Waals surface area contributed by atoms with Crippen LogP contribution in [0.15, 0.2) is 26.8 Å². The molecule has 60 valence electrons. The molecule has 0 bridgehead atoms. The largest absolute Gasteiger partial charge is 0.477 e. The topological polar surface area (TPSA) is 74.4 Å². The summed E-state index contributed by atoms with van der Waals surface area (Å²) in [5.74, 6) is -1.02. The van der Waals surface area contributed by atoms with Gasteiger partial charge in [0.2, 0.25) is 0 Å². The monoisotopic (exact) mass is 163 g/mol. The number of fused-ring (bicyclic) bond motifs is 1. The maximum absolute atomic E-state index is 10.5. The lowest BCUT2D eigenvalue weighted by Crippen LogP contribution is -2.19. The smallest absolute Gasteiger partial charge is 0.354 e. The molecule has 0 aromatic carbocycles. The molecule has 2 rings (SSSR count). The van der Waals surface area contributed by atoms with E-state index in [0.717, 1.165) is 5.71 Å². The fourth-order valence-electron chi connectivity index (χ4n) is 1.01. The number of hydrogen-bond acceptors (Lipinski definition) is 4. The number of aliphatic imine (C=N–C) groups is 3. The second-order valence-corrected chi connectivity index (χ2v) is 2.36. The van der Waals surface area contributed by atoms with Gasteiger partial charge in [0.05, 0.1) is 18.0 Å². The fourth-order valence-corrected chi connectivity index (χ4v) is 1.01. The van der Waals surface area contributed by atoms with Gasteiger partial charge in [-0.15, -0.1) is 0 Å². The standard InChI is InChI=1S/C7H5N3O2/c11-7(12)5-1-4-6(2-8-5)10-3-9-4/h1,3H,2H2,(H,11,12). The van der Waals surface area contributed by atoms with Crippen molar-refractivity contribution in [3.63, 3.8) is 0 Å². The number of hydrogen-bond donors (Lipinski definition) is 1. The van der Waals surface area contributed by atoms with Crippen LogP contribution in [0.25, 0.3) is 0 Å². The van der Waals surface area contributed by atoms with E-state index in [0.29, 0.717) is 12.2 Å². The summed E-state index contributed by atoms with van der Waals surface area (Å²) < 4.78 is 0. The SMILES string of the molecule is O=C(O)C1=NCC2=NC=NC2=C1. The van der Waals surface area contributed by atoms with Crippen molar-refractivity contribution in [2.75, 3.05) is 6.54 Å². The first-order chi connectivity index (χ1) is 5.77. The van der Waals surface area contributed by atoms with Crippen LogP contribution < -0.4 is 0 Å². The molecular weight excluding hydrogens is 158 g/mol. The molecule has 5 heteroatoms. The number of nitrogens with zero attached hydrogens (tertiary/aromatic N) is 3. The molecule has 0 spiro atoms. The Balaban J connectivity index is 2.36. The molecular formula is C7H5N3O2. The van der Waals surface area contributed by atoms with Crippen LogP contribution in [0.3, 0.4) is 0 Å². The fraction of sp³-hybridized carbons (Fsp3) is 0.143. The van der Waals surface area contributed by atoms with Gasteiger partial charge in [0.1, 0.15) is 12.1 Å². The molecule has 0 saturated carbocycles. The molecule has 12 heavy (non-hydrogen) atoms. The summed E-state index contributed by atoms with van der Waals surface area (Å²) in [4.78, 5) is 22.1. The molecule has 0 unspecified atom stereocenters. The van der Waals surface area contributed by atoms with E-state index < -0.39 is 5.97 Å². The molecule has 5 nitrogen and oxygen atoms in total. The quantitative estimate of drug-likeness (QED) is 0.585. The van der Waals surface area contributed by atoms with Gasteiger partial charge in [0.25, 0.3) is 0 Å². The molecule has 2 heterocycles. The maximum atomic E-state index is 10.5. The Kier molecular flexibility index (Phi) is 1.36. The molecule has 2 aliphatic heterocycles. The molecule has 0 amide bonds. The van der Waals surface area contributed by atoms with E-state index in [9.17, 15) is 4.79 Å². The Bertz CT molecular complexity index is 363. The minimum absolute atomic E-state index is 0.0444. The van der Waals surface area contributed by atoms with Crippen molar-refractivity contribution in [2.45, 2.75) is 0 Å². The molecule has 0 aromatic heterocycles. The predicted molar refractivity (Wildman–Crippen MR) is 43.9 cm³/mol. The van der Waals surface area contributed by atoms with Crippen molar-refractivity contribution < 1.29 is 9.90 Å². The van der Waals surface area contributed by atoms with Gasteiger partial charge in [-0.1, -0.05) is 0 Å². The molecule has 2 aliphatic rings. The summed E-state index contributed by atoms with van der Waals surface area (Å²) in [5.41, 5.74) is 1.39. The van der Waals surface area contributed by atoms with E-state index in [4.69, 9.17) is 5.11 Å². The van der Waals surface area contributed by atoms with Gasteiger partial charge in [-0.05, 0) is 6.08 Å².